The summed E-state index contributed by atoms with van der Waals surface area (Å²) < 4.78 is 1.54. The van der Waals surface area contributed by atoms with Crippen molar-refractivity contribution < 1.29 is 19.5 Å². The predicted octanol–water partition coefficient (Wildman–Crippen LogP) is 0.706. The standard InChI is InChI=1S/C26H32N8O4/c1-26(2,38)4-7-33-15-17-12-20(30-24(36)19-14-29-34-6-3-5-28-23(19)34)21(13-18(17)25(33)37)32-10-8-31(9-11-32)16-22(27)35/h3,5-6,12-14,38H,4,7-11,15-16H2,1-2H3,(H2,27,35)(H,30,36). The average molecular weight is 521 g/mol. The third-order valence-corrected chi connectivity index (χ3v) is 6.96. The number of benzene rings is 1. The number of nitrogens with zero attached hydrogens (tertiary/aromatic N) is 6. The van der Waals surface area contributed by atoms with Gasteiger partial charge in [0.1, 0.15) is 5.56 Å². The number of aromatic nitrogens is 3. The van der Waals surface area contributed by atoms with E-state index in [0.29, 0.717) is 68.2 Å². The van der Waals surface area contributed by atoms with Crippen LogP contribution < -0.4 is 16.0 Å². The molecule has 5 rings (SSSR count). The second-order valence-electron chi connectivity index (χ2n) is 10.4. The van der Waals surface area contributed by atoms with Gasteiger partial charge in [0.15, 0.2) is 5.65 Å². The van der Waals surface area contributed by atoms with E-state index in [1.54, 1.807) is 37.2 Å². The van der Waals surface area contributed by atoms with Gasteiger partial charge in [-0.2, -0.15) is 5.10 Å². The summed E-state index contributed by atoms with van der Waals surface area (Å²) in [5.41, 5.74) is 7.99. The minimum Gasteiger partial charge on any atom is -0.390 e. The number of aliphatic hydroxyl groups is 1. The lowest BCUT2D eigenvalue weighted by molar-refractivity contribution is -0.119. The number of anilines is 2. The molecule has 38 heavy (non-hydrogen) atoms. The van der Waals surface area contributed by atoms with E-state index >= 15 is 0 Å². The largest absolute Gasteiger partial charge is 0.390 e. The summed E-state index contributed by atoms with van der Waals surface area (Å²) in [5.74, 6) is -0.819. The number of primary amides is 1. The second kappa shape index (κ2) is 10.0. The Hall–Kier alpha value is -4.03. The fraction of sp³-hybridized carbons (Fsp3) is 0.423. The normalized spacial score (nSPS) is 16.2. The first-order chi connectivity index (χ1) is 18.1. The highest BCUT2D eigenvalue weighted by molar-refractivity contribution is 6.10. The summed E-state index contributed by atoms with van der Waals surface area (Å²) in [6.45, 7) is 6.91. The molecule has 4 heterocycles. The van der Waals surface area contributed by atoms with Gasteiger partial charge in [0.25, 0.3) is 11.8 Å². The lowest BCUT2D eigenvalue weighted by Gasteiger charge is -2.36. The van der Waals surface area contributed by atoms with E-state index in [-0.39, 0.29) is 24.3 Å². The summed E-state index contributed by atoms with van der Waals surface area (Å²) >= 11 is 0. The third kappa shape index (κ3) is 5.31. The molecular formula is C26H32N8O4. The summed E-state index contributed by atoms with van der Waals surface area (Å²) in [6.07, 6.45) is 5.26. The van der Waals surface area contributed by atoms with Crippen molar-refractivity contribution in [3.05, 3.63) is 53.5 Å². The molecule has 0 saturated carbocycles. The number of nitrogens with two attached hydrogens (primary N) is 1. The van der Waals surface area contributed by atoms with E-state index in [2.05, 4.69) is 20.3 Å². The first-order valence-corrected chi connectivity index (χ1v) is 12.6. The van der Waals surface area contributed by atoms with Crippen LogP contribution in [0.15, 0.2) is 36.8 Å². The Morgan fingerprint density at radius 1 is 1.18 bits per heavy atom. The second-order valence-corrected chi connectivity index (χ2v) is 10.4. The first kappa shape index (κ1) is 25.6. The smallest absolute Gasteiger partial charge is 0.261 e. The van der Waals surface area contributed by atoms with Crippen LogP contribution in [0.2, 0.25) is 0 Å². The Kier molecular flexibility index (Phi) is 6.76. The zero-order chi connectivity index (χ0) is 27.0. The number of fused-ring (bicyclic) bond motifs is 2. The maximum atomic E-state index is 13.4. The van der Waals surface area contributed by atoms with Gasteiger partial charge in [-0.1, -0.05) is 0 Å². The zero-order valence-corrected chi connectivity index (χ0v) is 21.6. The van der Waals surface area contributed by atoms with Crippen LogP contribution >= 0.6 is 0 Å². The minimum atomic E-state index is -0.883. The van der Waals surface area contributed by atoms with E-state index in [1.165, 1.54) is 10.7 Å². The number of nitrogens with one attached hydrogen (secondary N) is 1. The minimum absolute atomic E-state index is 0.0948. The van der Waals surface area contributed by atoms with Crippen molar-refractivity contribution in [3.8, 4) is 0 Å². The maximum absolute atomic E-state index is 13.4. The molecule has 0 atom stereocenters. The molecule has 0 spiro atoms. The van der Waals surface area contributed by atoms with Gasteiger partial charge in [-0.15, -0.1) is 0 Å². The number of piperazine rings is 1. The van der Waals surface area contributed by atoms with Crippen LogP contribution in [0.4, 0.5) is 11.4 Å². The van der Waals surface area contributed by atoms with Gasteiger partial charge in [0, 0.05) is 57.2 Å². The summed E-state index contributed by atoms with van der Waals surface area (Å²) in [6, 6.07) is 5.44. The van der Waals surface area contributed by atoms with Gasteiger partial charge in [-0.05, 0) is 44.0 Å². The Morgan fingerprint density at radius 3 is 2.66 bits per heavy atom. The highest BCUT2D eigenvalue weighted by Gasteiger charge is 2.32. The van der Waals surface area contributed by atoms with Crippen LogP contribution in [0, 0.1) is 0 Å². The van der Waals surface area contributed by atoms with Crippen LogP contribution in [0.25, 0.3) is 5.65 Å². The molecule has 200 valence electrons. The predicted molar refractivity (Wildman–Crippen MR) is 141 cm³/mol. The molecule has 2 aliphatic rings. The Balaban J connectivity index is 1.44. The molecule has 12 heteroatoms. The topological polar surface area (TPSA) is 149 Å². The molecule has 0 radical (unpaired) electrons. The molecule has 3 amide bonds. The fourth-order valence-corrected chi connectivity index (χ4v) is 4.91. The van der Waals surface area contributed by atoms with E-state index in [9.17, 15) is 19.5 Å². The molecular weight excluding hydrogens is 488 g/mol. The molecule has 4 N–H and O–H groups in total. The summed E-state index contributed by atoms with van der Waals surface area (Å²) in [4.78, 5) is 48.1. The third-order valence-electron chi connectivity index (χ3n) is 6.96. The van der Waals surface area contributed by atoms with Crippen molar-refractivity contribution in [2.24, 2.45) is 5.73 Å². The fourth-order valence-electron chi connectivity index (χ4n) is 4.91. The molecule has 0 unspecified atom stereocenters. The van der Waals surface area contributed by atoms with E-state index in [4.69, 9.17) is 5.73 Å². The molecule has 2 aliphatic heterocycles. The van der Waals surface area contributed by atoms with Gasteiger partial charge < -0.3 is 26.0 Å². The number of hydrogen-bond acceptors (Lipinski definition) is 8. The lowest BCUT2D eigenvalue weighted by Crippen LogP contribution is -2.49. The van der Waals surface area contributed by atoms with Gasteiger partial charge in [0.05, 0.1) is 29.7 Å². The number of amides is 3. The Morgan fingerprint density at radius 2 is 1.95 bits per heavy atom. The number of carbonyl (C=O) groups excluding carboxylic acids is 3. The molecule has 0 bridgehead atoms. The molecule has 0 aliphatic carbocycles. The molecule has 2 aromatic heterocycles. The van der Waals surface area contributed by atoms with Crippen molar-refractivity contribution in [3.63, 3.8) is 0 Å². The van der Waals surface area contributed by atoms with Crippen LogP contribution in [-0.2, 0) is 11.3 Å². The first-order valence-electron chi connectivity index (χ1n) is 12.6. The molecule has 1 aromatic carbocycles. The molecule has 3 aromatic rings. The SMILES string of the molecule is CC(C)(O)CCN1Cc2cc(NC(=O)c3cnn4cccnc34)c(N3CCN(CC(N)=O)CC3)cc2C1=O. The Bertz CT molecular complexity index is 1390. The highest BCUT2D eigenvalue weighted by atomic mass is 16.3. The van der Waals surface area contributed by atoms with Crippen LogP contribution in [-0.4, -0.2) is 92.1 Å². The highest BCUT2D eigenvalue weighted by Crippen LogP contribution is 2.35. The number of hydrogen-bond donors (Lipinski definition) is 3. The van der Waals surface area contributed by atoms with Crippen LogP contribution in [0.1, 0.15) is 46.5 Å². The molecule has 1 fully saturated rings. The number of carbonyl (C=O) groups is 3. The van der Waals surface area contributed by atoms with Crippen molar-refractivity contribution in [1.82, 2.24) is 24.4 Å². The number of rotatable bonds is 8. The van der Waals surface area contributed by atoms with E-state index in [1.807, 2.05) is 17.0 Å². The average Bonchev–Trinajstić information content (AvgIpc) is 3.43. The van der Waals surface area contributed by atoms with Gasteiger partial charge in [-0.25, -0.2) is 9.50 Å². The van der Waals surface area contributed by atoms with Crippen molar-refractivity contribution in [2.45, 2.75) is 32.4 Å². The van der Waals surface area contributed by atoms with Crippen molar-refractivity contribution in [2.75, 3.05) is 49.5 Å². The van der Waals surface area contributed by atoms with Crippen LogP contribution in [0.3, 0.4) is 0 Å². The quantitative estimate of drug-likeness (QED) is 0.393. The van der Waals surface area contributed by atoms with Gasteiger partial charge in [0.2, 0.25) is 5.91 Å². The Labute approximate surface area is 220 Å². The molecule has 1 saturated heterocycles. The van der Waals surface area contributed by atoms with Gasteiger partial charge in [-0.3, -0.25) is 19.3 Å². The van der Waals surface area contributed by atoms with Gasteiger partial charge >= 0.3 is 0 Å². The summed E-state index contributed by atoms with van der Waals surface area (Å²) in [5, 5.41) is 17.4. The monoisotopic (exact) mass is 520 g/mol. The van der Waals surface area contributed by atoms with E-state index in [0.717, 1.165) is 11.3 Å². The maximum Gasteiger partial charge on any atom is 0.261 e. The zero-order valence-electron chi connectivity index (χ0n) is 21.6. The van der Waals surface area contributed by atoms with Crippen molar-refractivity contribution >= 4 is 34.7 Å². The summed E-state index contributed by atoms with van der Waals surface area (Å²) in [7, 11) is 0. The van der Waals surface area contributed by atoms with Crippen molar-refractivity contribution in [1.29, 1.82) is 0 Å². The molecule has 12 nitrogen and oxygen atoms in total. The van der Waals surface area contributed by atoms with E-state index < -0.39 is 5.60 Å². The lowest BCUT2D eigenvalue weighted by atomic mass is 10.1. The van der Waals surface area contributed by atoms with Crippen LogP contribution in [0.5, 0.6) is 0 Å².